The Kier molecular flexibility index (Phi) is 5.11. The summed E-state index contributed by atoms with van der Waals surface area (Å²) >= 11 is 0. The highest BCUT2D eigenvalue weighted by atomic mass is 31.2. The smallest absolute Gasteiger partial charge is 0.208 e. The zero-order valence-corrected chi connectivity index (χ0v) is 23.8. The van der Waals surface area contributed by atoms with Crippen molar-refractivity contribution < 1.29 is 4.57 Å². The van der Waals surface area contributed by atoms with Crippen molar-refractivity contribution in [3.8, 4) is 0 Å². The van der Waals surface area contributed by atoms with Crippen LogP contribution in [0.1, 0.15) is 0 Å². The van der Waals surface area contributed by atoms with Gasteiger partial charge >= 0.3 is 0 Å². The Bertz CT molecular complexity index is 2610. The number of para-hydroxylation sites is 2. The highest BCUT2D eigenvalue weighted by molar-refractivity contribution is 7.85. The van der Waals surface area contributed by atoms with Gasteiger partial charge in [-0.15, -0.1) is 0 Å². The lowest BCUT2D eigenvalue weighted by Crippen LogP contribution is -2.30. The molecule has 0 N–H and O–H groups in total. The maximum atomic E-state index is 15.9. The van der Waals surface area contributed by atoms with E-state index in [1.54, 1.807) is 6.20 Å². The minimum absolute atomic E-state index is 0.315. The standard InChI is InChI=1S/C37H23N4OP/c42-43(26-13-2-1-3-14-26,37-38-23-25-12-5-9-18-31(25)40-37)33-20-10-19-32-35(33)41-34-27-15-6-4-11-24(27)21-22-29(34)28-16-7-8-17-30(28)36(41)39-32/h1-23H. The summed E-state index contributed by atoms with van der Waals surface area (Å²) < 4.78 is 18.1. The van der Waals surface area contributed by atoms with Crippen LogP contribution in [0.3, 0.4) is 0 Å². The van der Waals surface area contributed by atoms with Crippen molar-refractivity contribution in [2.75, 3.05) is 0 Å². The Labute approximate surface area is 246 Å². The van der Waals surface area contributed by atoms with Crippen LogP contribution in [-0.2, 0) is 4.57 Å². The molecule has 0 bridgehead atoms. The lowest BCUT2D eigenvalue weighted by atomic mass is 10.0. The van der Waals surface area contributed by atoms with E-state index in [0.717, 1.165) is 60.0 Å². The normalized spacial score (nSPS) is 13.4. The van der Waals surface area contributed by atoms with Crippen LogP contribution in [0.5, 0.6) is 0 Å². The molecule has 0 radical (unpaired) electrons. The van der Waals surface area contributed by atoms with E-state index >= 15 is 4.57 Å². The third-order valence-electron chi connectivity index (χ3n) is 8.45. The van der Waals surface area contributed by atoms with E-state index in [2.05, 4.69) is 59.0 Å². The van der Waals surface area contributed by atoms with E-state index in [-0.39, 0.29) is 0 Å². The molecule has 3 heterocycles. The molecular weight excluding hydrogens is 547 g/mol. The molecular formula is C37H23N4OP. The van der Waals surface area contributed by atoms with Gasteiger partial charge in [0.25, 0.3) is 0 Å². The topological polar surface area (TPSA) is 60.2 Å². The van der Waals surface area contributed by atoms with Crippen molar-refractivity contribution in [3.05, 3.63) is 140 Å². The molecule has 0 amide bonds. The number of aromatic nitrogens is 4. The second-order valence-electron chi connectivity index (χ2n) is 10.8. The van der Waals surface area contributed by atoms with Crippen LogP contribution in [0.4, 0.5) is 0 Å². The van der Waals surface area contributed by atoms with E-state index in [0.29, 0.717) is 16.2 Å². The summed E-state index contributed by atoms with van der Waals surface area (Å²) in [5, 5.41) is 7.80. The first-order chi connectivity index (χ1) is 21.2. The molecule has 3 aromatic heterocycles. The van der Waals surface area contributed by atoms with Gasteiger partial charge in [0.1, 0.15) is 5.65 Å². The largest absolute Gasteiger partial charge is 0.305 e. The maximum Gasteiger partial charge on any atom is 0.208 e. The van der Waals surface area contributed by atoms with Crippen molar-refractivity contribution in [3.63, 3.8) is 0 Å². The number of pyridine rings is 1. The van der Waals surface area contributed by atoms with Crippen molar-refractivity contribution >= 4 is 83.3 Å². The SMILES string of the molecule is O=P(c1ccccc1)(c1ncc2ccccc2n1)c1cccc2nc3c4ccccc4c4ccc5ccccc5c4n3c12. The van der Waals surface area contributed by atoms with Crippen molar-refractivity contribution in [1.29, 1.82) is 0 Å². The molecule has 1 unspecified atom stereocenters. The fraction of sp³-hybridized carbons (Fsp3) is 0. The fourth-order valence-electron chi connectivity index (χ4n) is 6.50. The summed E-state index contributed by atoms with van der Waals surface area (Å²) in [6.07, 6.45) is 1.78. The molecule has 9 aromatic rings. The van der Waals surface area contributed by atoms with Crippen LogP contribution < -0.4 is 16.2 Å². The van der Waals surface area contributed by atoms with Crippen molar-refractivity contribution in [1.82, 2.24) is 19.4 Å². The quantitative estimate of drug-likeness (QED) is 0.163. The molecule has 6 heteroatoms. The minimum atomic E-state index is -3.58. The Hall–Kier alpha value is -5.38. The first-order valence-electron chi connectivity index (χ1n) is 14.2. The van der Waals surface area contributed by atoms with Gasteiger partial charge in [0.15, 0.2) is 5.57 Å². The molecule has 43 heavy (non-hydrogen) atoms. The molecule has 0 fully saturated rings. The van der Waals surface area contributed by atoms with Gasteiger partial charge in [-0.25, -0.2) is 15.0 Å². The van der Waals surface area contributed by atoms with Crippen molar-refractivity contribution in [2.24, 2.45) is 0 Å². The van der Waals surface area contributed by atoms with Gasteiger partial charge in [0.2, 0.25) is 7.14 Å². The molecule has 0 aliphatic carbocycles. The predicted molar refractivity (Wildman–Crippen MR) is 178 cm³/mol. The van der Waals surface area contributed by atoms with Crippen LogP contribution in [0, 0.1) is 0 Å². The Morgan fingerprint density at radius 3 is 2.07 bits per heavy atom. The van der Waals surface area contributed by atoms with Crippen LogP contribution in [-0.4, -0.2) is 19.4 Å². The maximum absolute atomic E-state index is 15.9. The third kappa shape index (κ3) is 3.40. The van der Waals surface area contributed by atoms with E-state index in [4.69, 9.17) is 15.0 Å². The zero-order chi connectivity index (χ0) is 28.5. The van der Waals surface area contributed by atoms with Crippen LogP contribution in [0.25, 0.3) is 60.0 Å². The van der Waals surface area contributed by atoms with Crippen LogP contribution in [0.2, 0.25) is 0 Å². The number of imidazole rings is 1. The molecule has 9 rings (SSSR count). The average molecular weight is 571 g/mol. The number of nitrogens with zero attached hydrogens (tertiary/aromatic N) is 4. The second kappa shape index (κ2) is 9.06. The molecule has 0 saturated carbocycles. The van der Waals surface area contributed by atoms with E-state index in [9.17, 15) is 0 Å². The average Bonchev–Trinajstić information content (AvgIpc) is 3.48. The number of benzene rings is 6. The number of fused-ring (bicyclic) bond motifs is 11. The Morgan fingerprint density at radius 2 is 1.21 bits per heavy atom. The molecule has 1 atom stereocenters. The number of rotatable bonds is 3. The third-order valence-corrected chi connectivity index (χ3v) is 11.3. The van der Waals surface area contributed by atoms with E-state index in [1.165, 1.54) is 0 Å². The molecule has 5 nitrogen and oxygen atoms in total. The lowest BCUT2D eigenvalue weighted by Gasteiger charge is -2.20. The van der Waals surface area contributed by atoms with Gasteiger partial charge in [0.05, 0.1) is 22.1 Å². The Morgan fingerprint density at radius 1 is 0.512 bits per heavy atom. The molecule has 202 valence electrons. The van der Waals surface area contributed by atoms with Crippen LogP contribution in [0.15, 0.2) is 140 Å². The predicted octanol–water partition coefficient (Wildman–Crippen LogP) is 7.53. The van der Waals surface area contributed by atoms with E-state index in [1.807, 2.05) is 78.9 Å². The molecule has 0 aliphatic heterocycles. The van der Waals surface area contributed by atoms with Crippen molar-refractivity contribution in [2.45, 2.75) is 0 Å². The first kappa shape index (κ1) is 24.2. The summed E-state index contributed by atoms with van der Waals surface area (Å²) in [5.41, 5.74) is 4.54. The van der Waals surface area contributed by atoms with Gasteiger partial charge in [-0.2, -0.15) is 0 Å². The van der Waals surface area contributed by atoms with E-state index < -0.39 is 7.14 Å². The highest BCUT2D eigenvalue weighted by Gasteiger charge is 2.36. The molecule has 0 saturated heterocycles. The monoisotopic (exact) mass is 570 g/mol. The van der Waals surface area contributed by atoms with Crippen LogP contribution >= 0.6 is 7.14 Å². The van der Waals surface area contributed by atoms with Gasteiger partial charge in [-0.3, -0.25) is 4.40 Å². The lowest BCUT2D eigenvalue weighted by molar-refractivity contribution is 0.591. The summed E-state index contributed by atoms with van der Waals surface area (Å²) in [4.78, 5) is 14.9. The molecule has 0 aliphatic rings. The van der Waals surface area contributed by atoms with Gasteiger partial charge in [0, 0.05) is 38.4 Å². The van der Waals surface area contributed by atoms with Gasteiger partial charge in [-0.05, 0) is 29.0 Å². The summed E-state index contributed by atoms with van der Waals surface area (Å²) in [7, 11) is -3.58. The second-order valence-corrected chi connectivity index (χ2v) is 13.4. The summed E-state index contributed by atoms with van der Waals surface area (Å²) in [5.74, 6) is 0. The summed E-state index contributed by atoms with van der Waals surface area (Å²) in [6.45, 7) is 0. The molecule has 0 spiro atoms. The summed E-state index contributed by atoms with van der Waals surface area (Å²) in [6, 6.07) is 44.6. The van der Waals surface area contributed by atoms with Gasteiger partial charge < -0.3 is 4.57 Å². The molecule has 6 aromatic carbocycles. The first-order valence-corrected chi connectivity index (χ1v) is 15.9. The number of hydrogen-bond donors (Lipinski definition) is 0. The minimum Gasteiger partial charge on any atom is -0.305 e. The Balaban J connectivity index is 1.52. The zero-order valence-electron chi connectivity index (χ0n) is 22.9. The fourth-order valence-corrected chi connectivity index (χ4v) is 9.10. The van der Waals surface area contributed by atoms with Gasteiger partial charge in [-0.1, -0.05) is 115 Å². The number of hydrogen-bond acceptors (Lipinski definition) is 4. The highest BCUT2D eigenvalue weighted by Crippen LogP contribution is 2.45.